The molecule has 1 amide bonds. The van der Waals surface area contributed by atoms with E-state index in [4.69, 9.17) is 19.4 Å². The maximum Gasteiger partial charge on any atom is 0.230 e. The van der Waals surface area contributed by atoms with Crippen molar-refractivity contribution >= 4 is 44.5 Å². The molecule has 1 N–H and O–H groups in total. The summed E-state index contributed by atoms with van der Waals surface area (Å²) in [5.74, 6) is 2.23. The van der Waals surface area contributed by atoms with Crippen molar-refractivity contribution in [2.75, 3.05) is 37.5 Å². The number of fused-ring (bicyclic) bond motifs is 1. The van der Waals surface area contributed by atoms with Gasteiger partial charge in [-0.3, -0.25) is 4.79 Å². The molecular formula is C22H23BrN4O3. The van der Waals surface area contributed by atoms with Crippen LogP contribution in [0.3, 0.4) is 0 Å². The van der Waals surface area contributed by atoms with Gasteiger partial charge in [-0.2, -0.15) is 0 Å². The molecule has 0 aliphatic carbocycles. The third-order valence-electron chi connectivity index (χ3n) is 5.12. The lowest BCUT2D eigenvalue weighted by atomic mass is 10.1. The summed E-state index contributed by atoms with van der Waals surface area (Å²) in [6, 6.07) is 11.3. The summed E-state index contributed by atoms with van der Waals surface area (Å²) in [4.78, 5) is 24.6. The van der Waals surface area contributed by atoms with E-state index < -0.39 is 0 Å². The Hall–Kier alpha value is -2.87. The molecule has 1 fully saturated rings. The van der Waals surface area contributed by atoms with E-state index in [2.05, 4.69) is 26.1 Å². The minimum atomic E-state index is -0.173. The molecule has 1 aromatic heterocycles. The van der Waals surface area contributed by atoms with Crippen molar-refractivity contribution in [2.24, 2.45) is 0 Å². The first-order valence-corrected chi connectivity index (χ1v) is 10.6. The molecule has 2 heterocycles. The first-order chi connectivity index (χ1) is 14.6. The third-order valence-corrected chi connectivity index (χ3v) is 5.86. The average Bonchev–Trinajstić information content (AvgIpc) is 3.29. The van der Waals surface area contributed by atoms with Crippen LogP contribution in [0.25, 0.3) is 11.0 Å². The summed E-state index contributed by atoms with van der Waals surface area (Å²) < 4.78 is 11.4. The Morgan fingerprint density at radius 3 is 2.37 bits per heavy atom. The number of halogens is 1. The van der Waals surface area contributed by atoms with Crippen LogP contribution < -0.4 is 19.7 Å². The highest BCUT2D eigenvalue weighted by molar-refractivity contribution is 9.10. The largest absolute Gasteiger partial charge is 0.493 e. The maximum atomic E-state index is 12.9. The van der Waals surface area contributed by atoms with Gasteiger partial charge in [-0.05, 0) is 42.7 Å². The van der Waals surface area contributed by atoms with Crippen molar-refractivity contribution in [3.63, 3.8) is 0 Å². The third kappa shape index (κ3) is 4.18. The van der Waals surface area contributed by atoms with Crippen LogP contribution in [-0.4, -0.2) is 43.2 Å². The molecule has 8 heteroatoms. The smallest absolute Gasteiger partial charge is 0.230 e. The number of nitrogens with zero attached hydrogens (tertiary/aromatic N) is 3. The Labute approximate surface area is 183 Å². The fourth-order valence-electron chi connectivity index (χ4n) is 3.60. The monoisotopic (exact) mass is 470 g/mol. The highest BCUT2D eigenvalue weighted by atomic mass is 79.9. The first kappa shape index (κ1) is 20.4. The number of aromatic nitrogens is 2. The van der Waals surface area contributed by atoms with Crippen LogP contribution in [0.5, 0.6) is 11.5 Å². The molecule has 0 spiro atoms. The van der Waals surface area contributed by atoms with Crippen LogP contribution in [0.15, 0.2) is 40.9 Å². The number of ether oxygens (including phenoxy) is 2. The van der Waals surface area contributed by atoms with Gasteiger partial charge in [0.05, 0.1) is 31.7 Å². The van der Waals surface area contributed by atoms with Gasteiger partial charge in [-0.25, -0.2) is 9.97 Å². The van der Waals surface area contributed by atoms with Crippen molar-refractivity contribution in [1.82, 2.24) is 9.97 Å². The number of carbonyl (C=O) groups excluding carboxylic acids is 1. The van der Waals surface area contributed by atoms with E-state index in [-0.39, 0.29) is 12.3 Å². The van der Waals surface area contributed by atoms with Gasteiger partial charge in [-0.15, -0.1) is 0 Å². The van der Waals surface area contributed by atoms with Crippen molar-refractivity contribution in [3.05, 3.63) is 46.4 Å². The standard InChI is InChI=1S/C22H23BrN4O3/c1-29-18-11-14(15(23)13-19(18)30-2)12-20(28)26-21-22(27-9-5-6-10-27)25-17-8-4-3-7-16(17)24-21/h3-4,7-8,11,13H,5-6,9-10,12H2,1-2H3,(H,24,26,28). The Morgan fingerprint density at radius 1 is 1.07 bits per heavy atom. The number of methoxy groups -OCH3 is 2. The number of nitrogens with one attached hydrogen (secondary N) is 1. The van der Waals surface area contributed by atoms with Gasteiger partial charge in [0.25, 0.3) is 0 Å². The molecule has 30 heavy (non-hydrogen) atoms. The molecule has 3 aromatic rings. The zero-order chi connectivity index (χ0) is 21.1. The second-order valence-corrected chi connectivity index (χ2v) is 7.96. The minimum Gasteiger partial charge on any atom is -0.493 e. The molecule has 0 saturated carbocycles. The number of amides is 1. The molecule has 0 unspecified atom stereocenters. The molecule has 0 bridgehead atoms. The highest BCUT2D eigenvalue weighted by Gasteiger charge is 2.21. The summed E-state index contributed by atoms with van der Waals surface area (Å²) in [7, 11) is 3.15. The summed E-state index contributed by atoms with van der Waals surface area (Å²) in [5.41, 5.74) is 2.37. The molecule has 1 saturated heterocycles. The molecular weight excluding hydrogens is 448 g/mol. The summed E-state index contributed by atoms with van der Waals surface area (Å²) in [6.07, 6.45) is 2.38. The van der Waals surface area contributed by atoms with Gasteiger partial charge in [0.15, 0.2) is 23.1 Å². The van der Waals surface area contributed by atoms with E-state index in [9.17, 15) is 4.79 Å². The van der Waals surface area contributed by atoms with E-state index in [1.807, 2.05) is 24.3 Å². The van der Waals surface area contributed by atoms with Crippen molar-refractivity contribution in [1.29, 1.82) is 0 Å². The van der Waals surface area contributed by atoms with E-state index in [1.165, 1.54) is 0 Å². The zero-order valence-corrected chi connectivity index (χ0v) is 18.5. The number of anilines is 2. The molecule has 2 aromatic carbocycles. The lowest BCUT2D eigenvalue weighted by Crippen LogP contribution is -2.24. The maximum absolute atomic E-state index is 12.9. The minimum absolute atomic E-state index is 0.162. The van der Waals surface area contributed by atoms with Crippen molar-refractivity contribution in [3.8, 4) is 11.5 Å². The average molecular weight is 471 g/mol. The number of rotatable bonds is 6. The van der Waals surface area contributed by atoms with Gasteiger partial charge >= 0.3 is 0 Å². The normalized spacial score (nSPS) is 13.5. The second-order valence-electron chi connectivity index (χ2n) is 7.10. The van der Waals surface area contributed by atoms with E-state index in [1.54, 1.807) is 26.4 Å². The quantitative estimate of drug-likeness (QED) is 0.581. The molecule has 4 rings (SSSR count). The number of hydrogen-bond acceptors (Lipinski definition) is 6. The van der Waals surface area contributed by atoms with Gasteiger partial charge in [-0.1, -0.05) is 28.1 Å². The molecule has 7 nitrogen and oxygen atoms in total. The van der Waals surface area contributed by atoms with Crippen molar-refractivity contribution in [2.45, 2.75) is 19.3 Å². The van der Waals surface area contributed by atoms with Gasteiger partial charge in [0.2, 0.25) is 5.91 Å². The first-order valence-electron chi connectivity index (χ1n) is 9.81. The number of benzene rings is 2. The second kappa shape index (κ2) is 8.87. The van der Waals surface area contributed by atoms with Crippen LogP contribution in [0.2, 0.25) is 0 Å². The van der Waals surface area contributed by atoms with Crippen LogP contribution in [0, 0.1) is 0 Å². The van der Waals surface area contributed by atoms with Crippen LogP contribution >= 0.6 is 15.9 Å². The topological polar surface area (TPSA) is 76.6 Å². The molecule has 0 atom stereocenters. The molecule has 1 aliphatic rings. The van der Waals surface area contributed by atoms with Crippen LogP contribution in [0.4, 0.5) is 11.6 Å². The lowest BCUT2D eigenvalue weighted by Gasteiger charge is -2.20. The molecule has 1 aliphatic heterocycles. The fraction of sp³-hybridized carbons (Fsp3) is 0.318. The SMILES string of the molecule is COc1cc(Br)c(CC(=O)Nc2nc3ccccc3nc2N2CCCC2)cc1OC. The van der Waals surface area contributed by atoms with Crippen molar-refractivity contribution < 1.29 is 14.3 Å². The predicted molar refractivity (Wildman–Crippen MR) is 121 cm³/mol. The molecule has 0 radical (unpaired) electrons. The predicted octanol–water partition coefficient (Wildman–Crippen LogP) is 4.19. The fourth-order valence-corrected chi connectivity index (χ4v) is 4.07. The van der Waals surface area contributed by atoms with Crippen LogP contribution in [0.1, 0.15) is 18.4 Å². The highest BCUT2D eigenvalue weighted by Crippen LogP contribution is 2.34. The van der Waals surface area contributed by atoms with E-state index >= 15 is 0 Å². The summed E-state index contributed by atoms with van der Waals surface area (Å²) >= 11 is 3.51. The zero-order valence-electron chi connectivity index (χ0n) is 16.9. The number of para-hydroxylation sites is 2. The van der Waals surface area contributed by atoms with Gasteiger partial charge in [0.1, 0.15) is 0 Å². The number of hydrogen-bond donors (Lipinski definition) is 1. The summed E-state index contributed by atoms with van der Waals surface area (Å²) in [5, 5.41) is 2.97. The summed E-state index contributed by atoms with van der Waals surface area (Å²) in [6.45, 7) is 1.83. The molecule has 156 valence electrons. The Kier molecular flexibility index (Phi) is 6.03. The number of carbonyl (C=O) groups is 1. The lowest BCUT2D eigenvalue weighted by molar-refractivity contribution is -0.115. The Balaban J connectivity index is 1.62. The Morgan fingerprint density at radius 2 is 1.70 bits per heavy atom. The van der Waals surface area contributed by atoms with Crippen LogP contribution in [-0.2, 0) is 11.2 Å². The van der Waals surface area contributed by atoms with Gasteiger partial charge < -0.3 is 19.7 Å². The van der Waals surface area contributed by atoms with E-state index in [0.29, 0.717) is 17.3 Å². The Bertz CT molecular complexity index is 1080. The van der Waals surface area contributed by atoms with E-state index in [0.717, 1.165) is 52.8 Å². The van der Waals surface area contributed by atoms with Gasteiger partial charge in [0, 0.05) is 17.6 Å².